The van der Waals surface area contributed by atoms with Crippen molar-refractivity contribution >= 4 is 15.9 Å². The van der Waals surface area contributed by atoms with Crippen LogP contribution in [-0.4, -0.2) is 25.2 Å². The molecule has 1 unspecified atom stereocenters. The van der Waals surface area contributed by atoms with Gasteiger partial charge in [0, 0.05) is 4.57 Å². The fraction of sp³-hybridized carbons (Fsp3) is 0.600. The molecule has 0 bridgehead atoms. The quantitative estimate of drug-likeness (QED) is 0.249. The summed E-state index contributed by atoms with van der Waals surface area (Å²) in [5.41, 5.74) is 4.13. The molecule has 0 aromatic rings. The summed E-state index contributed by atoms with van der Waals surface area (Å²) in [4.78, 5) is 33.3. The van der Waals surface area contributed by atoms with Crippen LogP contribution in [0, 0.1) is 0 Å². The van der Waals surface area contributed by atoms with E-state index >= 15 is 0 Å². The summed E-state index contributed by atoms with van der Waals surface area (Å²) in [5, 5.41) is 0. The summed E-state index contributed by atoms with van der Waals surface area (Å²) in [7, 11) is -6.97. The lowest BCUT2D eigenvalue weighted by molar-refractivity contribution is 0.364. The van der Waals surface area contributed by atoms with Gasteiger partial charge < -0.3 is 9.79 Å². The van der Waals surface area contributed by atoms with Crippen molar-refractivity contribution in [3.63, 3.8) is 0 Å². The van der Waals surface area contributed by atoms with Crippen LogP contribution in [0.1, 0.15) is 73.6 Å². The second-order valence-electron chi connectivity index (χ2n) is 7.35. The van der Waals surface area contributed by atoms with Crippen LogP contribution in [0.3, 0.4) is 0 Å². The summed E-state index contributed by atoms with van der Waals surface area (Å²) >= 11 is 0. The molecule has 0 aromatic heterocycles. The van der Waals surface area contributed by atoms with Crippen molar-refractivity contribution in [3.8, 4) is 0 Å². The van der Waals surface area contributed by atoms with Crippen LogP contribution >= 0.6 is 15.9 Å². The molecular weight excluding hydrogens is 398 g/mol. The van der Waals surface area contributed by atoms with Crippen LogP contribution in [-0.2, 0) is 9.13 Å². The Balaban J connectivity index is 0. The van der Waals surface area contributed by atoms with Crippen molar-refractivity contribution in [3.05, 3.63) is 46.6 Å². The van der Waals surface area contributed by atoms with Gasteiger partial charge in [-0.25, -0.2) is 0 Å². The number of rotatable bonds is 10. The topological polar surface area (TPSA) is 115 Å². The maximum atomic E-state index is 11.6. The molecule has 0 spiro atoms. The second kappa shape index (κ2) is 16.0. The summed E-state index contributed by atoms with van der Waals surface area (Å²) in [6, 6.07) is 0. The molecular formula is C20H37O6P2+. The van der Waals surface area contributed by atoms with Crippen molar-refractivity contribution in [1.82, 2.24) is 0 Å². The largest absolute Gasteiger partial charge is 0.692 e. The summed E-state index contributed by atoms with van der Waals surface area (Å²) in [6.45, 7) is 12.2. The van der Waals surface area contributed by atoms with E-state index in [-0.39, 0.29) is 0 Å². The molecule has 0 aliphatic carbocycles. The third-order valence-corrected chi connectivity index (χ3v) is 5.02. The molecule has 6 nitrogen and oxygen atoms in total. The van der Waals surface area contributed by atoms with Gasteiger partial charge in [0.2, 0.25) is 0 Å². The predicted molar refractivity (Wildman–Crippen MR) is 117 cm³/mol. The molecule has 0 aliphatic rings. The van der Waals surface area contributed by atoms with Gasteiger partial charge in [0.15, 0.2) is 0 Å². The van der Waals surface area contributed by atoms with Gasteiger partial charge >= 0.3 is 15.9 Å². The van der Waals surface area contributed by atoms with Crippen LogP contribution in [0.4, 0.5) is 0 Å². The monoisotopic (exact) mass is 435 g/mol. The van der Waals surface area contributed by atoms with Crippen molar-refractivity contribution in [2.75, 3.05) is 0 Å². The number of hydrogen-bond acceptors (Lipinski definition) is 2. The molecule has 0 amide bonds. The van der Waals surface area contributed by atoms with Gasteiger partial charge in [0.1, 0.15) is 0 Å². The molecule has 0 radical (unpaired) electrons. The second-order valence-corrected chi connectivity index (χ2v) is 9.70. The molecule has 0 fully saturated rings. The van der Waals surface area contributed by atoms with Gasteiger partial charge in [0.05, 0.1) is 5.66 Å². The Labute approximate surface area is 170 Å². The molecule has 4 N–H and O–H groups in total. The van der Waals surface area contributed by atoms with Crippen molar-refractivity contribution < 1.29 is 28.7 Å². The minimum atomic E-state index is -4.10. The highest BCUT2D eigenvalue weighted by molar-refractivity contribution is 7.52. The zero-order valence-corrected chi connectivity index (χ0v) is 19.7. The molecule has 0 heterocycles. The Morgan fingerprint density at radius 3 is 1.71 bits per heavy atom. The third kappa shape index (κ3) is 21.4. The Bertz CT molecular complexity index is 629. The van der Waals surface area contributed by atoms with E-state index in [4.69, 9.17) is 14.4 Å². The van der Waals surface area contributed by atoms with Gasteiger partial charge in [-0.15, -0.1) is 9.79 Å². The molecule has 0 saturated carbocycles. The van der Waals surface area contributed by atoms with Crippen molar-refractivity contribution in [2.45, 2.75) is 79.3 Å². The van der Waals surface area contributed by atoms with Crippen molar-refractivity contribution in [2.24, 2.45) is 0 Å². The van der Waals surface area contributed by atoms with Crippen LogP contribution in [0.2, 0.25) is 0 Å². The first kappa shape index (κ1) is 29.3. The number of hydrogen-bond donors (Lipinski definition) is 4. The first-order valence-electron chi connectivity index (χ1n) is 9.25. The zero-order chi connectivity index (χ0) is 22.3. The van der Waals surface area contributed by atoms with Gasteiger partial charge in [0.25, 0.3) is 0 Å². The highest BCUT2D eigenvalue weighted by atomic mass is 31.2. The van der Waals surface area contributed by atoms with E-state index in [1.165, 1.54) is 11.1 Å². The average molecular weight is 435 g/mol. The van der Waals surface area contributed by atoms with Crippen LogP contribution in [0.25, 0.3) is 0 Å². The number of allylic oxidation sites excluding steroid dienone is 8. The van der Waals surface area contributed by atoms with Crippen LogP contribution in [0.15, 0.2) is 46.6 Å². The minimum Gasteiger partial charge on any atom is -0.324 e. The molecule has 0 rings (SSSR count). The fourth-order valence-corrected chi connectivity index (χ4v) is 3.14. The van der Waals surface area contributed by atoms with E-state index in [9.17, 15) is 14.4 Å². The Morgan fingerprint density at radius 1 is 0.857 bits per heavy atom. The van der Waals surface area contributed by atoms with Gasteiger partial charge in [-0.2, -0.15) is 0 Å². The standard InChI is InChI=1S/C20H35O3P.HO3P/c1-16(2)9-7-10-18(5)11-8-12-19(6)15-20(24(21,22)23)14-13-17(3)4;1-4(2)3/h9,11,13,15,20H,7-8,10,12,14H2,1-6H3,(H2,21,22,23);(H-,1,2,3)/p+1/b18-11+,19-15+;. The van der Waals surface area contributed by atoms with E-state index in [0.717, 1.165) is 36.8 Å². The lowest BCUT2D eigenvalue weighted by atomic mass is 10.1. The van der Waals surface area contributed by atoms with Gasteiger partial charge in [-0.3, -0.25) is 4.57 Å². The minimum absolute atomic E-state index is 0.390. The molecule has 162 valence electrons. The first-order valence-corrected chi connectivity index (χ1v) is 12.1. The molecule has 0 aliphatic heterocycles. The maximum absolute atomic E-state index is 11.6. The van der Waals surface area contributed by atoms with E-state index in [0.29, 0.717) is 6.42 Å². The van der Waals surface area contributed by atoms with E-state index in [1.807, 2.05) is 26.8 Å². The third-order valence-electron chi connectivity index (χ3n) is 3.80. The smallest absolute Gasteiger partial charge is 0.324 e. The molecule has 8 heteroatoms. The zero-order valence-electron chi connectivity index (χ0n) is 17.9. The Kier molecular flexibility index (Phi) is 16.7. The summed E-state index contributed by atoms with van der Waals surface area (Å²) in [5.74, 6) is 0. The molecule has 0 aromatic carbocycles. The van der Waals surface area contributed by atoms with E-state index in [2.05, 4.69) is 32.9 Å². The van der Waals surface area contributed by atoms with Gasteiger partial charge in [-0.05, 0) is 73.6 Å². The lowest BCUT2D eigenvalue weighted by Gasteiger charge is -2.14. The van der Waals surface area contributed by atoms with Crippen molar-refractivity contribution in [1.29, 1.82) is 0 Å². The predicted octanol–water partition coefficient (Wildman–Crippen LogP) is 5.94. The Morgan fingerprint density at radius 2 is 1.29 bits per heavy atom. The molecule has 28 heavy (non-hydrogen) atoms. The summed E-state index contributed by atoms with van der Waals surface area (Å²) < 4.78 is 20.3. The maximum Gasteiger partial charge on any atom is 0.692 e. The van der Waals surface area contributed by atoms with Crippen LogP contribution < -0.4 is 0 Å². The normalized spacial score (nSPS) is 13.2. The lowest BCUT2D eigenvalue weighted by Crippen LogP contribution is -2.05. The van der Waals surface area contributed by atoms with Crippen LogP contribution in [0.5, 0.6) is 0 Å². The highest BCUT2D eigenvalue weighted by Crippen LogP contribution is 2.44. The molecule has 0 saturated heterocycles. The SMILES string of the molecule is CC(C)=CCC/C(C)=C/CC/C(C)=C/C(CC=C(C)C)P(=O)(O)O.O=[P+](O)O. The van der Waals surface area contributed by atoms with E-state index < -0.39 is 21.5 Å². The highest BCUT2D eigenvalue weighted by Gasteiger charge is 2.25. The van der Waals surface area contributed by atoms with Gasteiger partial charge in [-0.1, -0.05) is 46.6 Å². The first-order chi connectivity index (χ1) is 12.8. The fourth-order valence-electron chi connectivity index (χ4n) is 2.31. The Hall–Kier alpha value is -0.870. The average Bonchev–Trinajstić information content (AvgIpc) is 2.49. The summed E-state index contributed by atoms with van der Waals surface area (Å²) in [6.07, 6.45) is 12.4. The molecule has 1 atom stereocenters. The van der Waals surface area contributed by atoms with E-state index in [1.54, 1.807) is 6.08 Å².